The van der Waals surface area contributed by atoms with Gasteiger partial charge in [-0.1, -0.05) is 32.4 Å². The van der Waals surface area contributed by atoms with Gasteiger partial charge in [0.2, 0.25) is 0 Å². The minimum atomic E-state index is 0.00941. The Morgan fingerprint density at radius 1 is 1.32 bits per heavy atom. The van der Waals surface area contributed by atoms with Gasteiger partial charge >= 0.3 is 0 Å². The van der Waals surface area contributed by atoms with Gasteiger partial charge in [-0.2, -0.15) is 0 Å². The van der Waals surface area contributed by atoms with E-state index in [1.165, 1.54) is 18.4 Å². The van der Waals surface area contributed by atoms with E-state index in [1.807, 2.05) is 12.1 Å². The first-order chi connectivity index (χ1) is 9.13. The third-order valence-electron chi connectivity index (χ3n) is 3.61. The molecule has 0 aromatic heterocycles. The van der Waals surface area contributed by atoms with Gasteiger partial charge in [0.25, 0.3) is 5.91 Å². The number of hydrogen-bond donors (Lipinski definition) is 1. The van der Waals surface area contributed by atoms with Crippen LogP contribution in [0.4, 0.5) is 0 Å². The summed E-state index contributed by atoms with van der Waals surface area (Å²) in [6.07, 6.45) is 3.49. The Morgan fingerprint density at radius 3 is 2.53 bits per heavy atom. The fourth-order valence-electron chi connectivity index (χ4n) is 2.15. The maximum atomic E-state index is 12.0. The zero-order chi connectivity index (χ0) is 13.7. The summed E-state index contributed by atoms with van der Waals surface area (Å²) in [5, 5.41) is 2.99. The van der Waals surface area contributed by atoms with E-state index in [0.717, 1.165) is 25.2 Å². The topological polar surface area (TPSA) is 38.3 Å². The molecule has 1 aromatic rings. The van der Waals surface area contributed by atoms with E-state index in [0.29, 0.717) is 6.54 Å². The third-order valence-corrected chi connectivity index (χ3v) is 3.61. The van der Waals surface area contributed by atoms with Crippen molar-refractivity contribution in [3.8, 4) is 0 Å². The Bertz CT molecular complexity index is 421. The summed E-state index contributed by atoms with van der Waals surface area (Å²) in [7, 11) is 0. The maximum absolute atomic E-state index is 12.0. The lowest BCUT2D eigenvalue weighted by molar-refractivity contribution is -0.0978. The molecule has 0 saturated carbocycles. The smallest absolute Gasteiger partial charge is 0.251 e. The molecule has 1 amide bonds. The predicted molar refractivity (Wildman–Crippen MR) is 76.3 cm³/mol. The fraction of sp³-hybridized carbons (Fsp3) is 0.562. The van der Waals surface area contributed by atoms with Gasteiger partial charge in [0.05, 0.1) is 13.2 Å². The number of carbonyl (C=O) groups excluding carboxylic acids is 1. The average molecular weight is 261 g/mol. The zero-order valence-electron chi connectivity index (χ0n) is 11.9. The summed E-state index contributed by atoms with van der Waals surface area (Å²) in [5.41, 5.74) is 2.17. The number of hydrogen-bond acceptors (Lipinski definition) is 2. The minimum Gasteiger partial charge on any atom is -0.380 e. The van der Waals surface area contributed by atoms with Gasteiger partial charge in [0.1, 0.15) is 0 Å². The van der Waals surface area contributed by atoms with Crippen LogP contribution >= 0.6 is 0 Å². The molecule has 0 bridgehead atoms. The predicted octanol–water partition coefficient (Wildman–Crippen LogP) is 2.80. The van der Waals surface area contributed by atoms with Crippen molar-refractivity contribution in [1.82, 2.24) is 5.32 Å². The molecule has 1 saturated heterocycles. The number of benzene rings is 1. The zero-order valence-corrected chi connectivity index (χ0v) is 11.9. The number of carbonyl (C=O) groups is 1. The van der Waals surface area contributed by atoms with Gasteiger partial charge in [-0.15, -0.1) is 0 Å². The van der Waals surface area contributed by atoms with Crippen LogP contribution in [-0.2, 0) is 11.2 Å². The lowest BCUT2D eigenvalue weighted by Gasteiger charge is -2.38. The molecule has 1 heterocycles. The molecule has 1 aromatic carbocycles. The molecule has 3 nitrogen and oxygen atoms in total. The van der Waals surface area contributed by atoms with Crippen LogP contribution in [0.5, 0.6) is 0 Å². The highest BCUT2D eigenvalue weighted by atomic mass is 16.5. The van der Waals surface area contributed by atoms with E-state index >= 15 is 0 Å². The van der Waals surface area contributed by atoms with Gasteiger partial charge in [-0.3, -0.25) is 4.79 Å². The van der Waals surface area contributed by atoms with Crippen molar-refractivity contribution >= 4 is 5.91 Å². The number of unbranched alkanes of at least 4 members (excludes halogenated alkanes) is 1. The molecule has 1 aliphatic rings. The molecule has 0 radical (unpaired) electrons. The van der Waals surface area contributed by atoms with Crippen LogP contribution in [0.1, 0.15) is 42.6 Å². The SMILES string of the molecule is CCCCc1ccc(C(=O)NCC2(C)COC2)cc1. The maximum Gasteiger partial charge on any atom is 0.251 e. The Morgan fingerprint density at radius 2 is 2.00 bits per heavy atom. The van der Waals surface area contributed by atoms with Gasteiger partial charge in [-0.05, 0) is 30.5 Å². The summed E-state index contributed by atoms with van der Waals surface area (Å²) < 4.78 is 5.18. The average Bonchev–Trinajstić information content (AvgIpc) is 2.41. The van der Waals surface area contributed by atoms with Crippen molar-refractivity contribution in [2.75, 3.05) is 19.8 Å². The summed E-state index contributed by atoms with van der Waals surface area (Å²) in [4.78, 5) is 12.0. The summed E-state index contributed by atoms with van der Waals surface area (Å²) in [5.74, 6) is 0.00941. The number of rotatable bonds is 6. The monoisotopic (exact) mass is 261 g/mol. The van der Waals surface area contributed by atoms with Gasteiger partial charge in [0.15, 0.2) is 0 Å². The van der Waals surface area contributed by atoms with Gasteiger partial charge in [-0.25, -0.2) is 0 Å². The standard InChI is InChI=1S/C16H23NO2/c1-3-4-5-13-6-8-14(9-7-13)15(18)17-10-16(2)11-19-12-16/h6-9H,3-5,10-12H2,1-2H3,(H,17,18). The quantitative estimate of drug-likeness (QED) is 0.855. The molecule has 0 atom stereocenters. The van der Waals surface area contributed by atoms with E-state index in [4.69, 9.17) is 4.74 Å². The fourth-order valence-corrected chi connectivity index (χ4v) is 2.15. The molecule has 0 aliphatic carbocycles. The van der Waals surface area contributed by atoms with Crippen LogP contribution < -0.4 is 5.32 Å². The van der Waals surface area contributed by atoms with E-state index in [-0.39, 0.29) is 11.3 Å². The number of nitrogens with one attached hydrogen (secondary N) is 1. The first-order valence-electron chi connectivity index (χ1n) is 7.08. The molecule has 2 rings (SSSR count). The van der Waals surface area contributed by atoms with Crippen molar-refractivity contribution in [3.63, 3.8) is 0 Å². The molecular formula is C16H23NO2. The Labute approximate surface area is 115 Å². The van der Waals surface area contributed by atoms with Crippen molar-refractivity contribution in [2.45, 2.75) is 33.1 Å². The lowest BCUT2D eigenvalue weighted by Crippen LogP contribution is -2.48. The second kappa shape index (κ2) is 6.20. The third kappa shape index (κ3) is 3.80. The Hall–Kier alpha value is -1.35. The Kier molecular flexibility index (Phi) is 4.59. The summed E-state index contributed by atoms with van der Waals surface area (Å²) in [6, 6.07) is 7.94. The lowest BCUT2D eigenvalue weighted by atomic mass is 9.88. The highest BCUT2D eigenvalue weighted by Gasteiger charge is 2.33. The second-order valence-corrected chi connectivity index (χ2v) is 5.79. The van der Waals surface area contributed by atoms with E-state index in [9.17, 15) is 4.79 Å². The van der Waals surface area contributed by atoms with Crippen molar-refractivity contribution in [3.05, 3.63) is 35.4 Å². The van der Waals surface area contributed by atoms with Crippen LogP contribution in [0.25, 0.3) is 0 Å². The van der Waals surface area contributed by atoms with Crippen molar-refractivity contribution in [1.29, 1.82) is 0 Å². The largest absolute Gasteiger partial charge is 0.380 e. The molecule has 1 N–H and O–H groups in total. The molecule has 1 fully saturated rings. The highest BCUT2D eigenvalue weighted by Crippen LogP contribution is 2.25. The number of amides is 1. The van der Waals surface area contributed by atoms with Gasteiger partial charge < -0.3 is 10.1 Å². The van der Waals surface area contributed by atoms with Crippen molar-refractivity contribution in [2.24, 2.45) is 5.41 Å². The number of aryl methyl sites for hydroxylation is 1. The number of ether oxygens (including phenoxy) is 1. The van der Waals surface area contributed by atoms with Crippen LogP contribution in [0.3, 0.4) is 0 Å². The first-order valence-corrected chi connectivity index (χ1v) is 7.08. The molecule has 1 aliphatic heterocycles. The normalized spacial score (nSPS) is 16.7. The molecule has 19 heavy (non-hydrogen) atoms. The summed E-state index contributed by atoms with van der Waals surface area (Å²) >= 11 is 0. The van der Waals surface area contributed by atoms with Crippen LogP contribution in [0.2, 0.25) is 0 Å². The van der Waals surface area contributed by atoms with Crippen LogP contribution in [0.15, 0.2) is 24.3 Å². The molecule has 0 spiro atoms. The molecule has 3 heteroatoms. The van der Waals surface area contributed by atoms with E-state index in [2.05, 4.69) is 31.3 Å². The minimum absolute atomic E-state index is 0.00941. The van der Waals surface area contributed by atoms with Gasteiger partial charge in [0, 0.05) is 17.5 Å². The first kappa shape index (κ1) is 14.1. The van der Waals surface area contributed by atoms with Crippen molar-refractivity contribution < 1.29 is 9.53 Å². The van der Waals surface area contributed by atoms with E-state index < -0.39 is 0 Å². The Balaban J connectivity index is 1.84. The molecular weight excluding hydrogens is 238 g/mol. The summed E-state index contributed by atoms with van der Waals surface area (Å²) in [6.45, 7) is 6.48. The second-order valence-electron chi connectivity index (χ2n) is 5.79. The van der Waals surface area contributed by atoms with Crippen LogP contribution in [-0.4, -0.2) is 25.7 Å². The van der Waals surface area contributed by atoms with E-state index in [1.54, 1.807) is 0 Å². The molecule has 0 unspecified atom stereocenters. The highest BCUT2D eigenvalue weighted by molar-refractivity contribution is 5.94. The van der Waals surface area contributed by atoms with Crippen LogP contribution in [0, 0.1) is 5.41 Å². The molecule has 104 valence electrons.